The van der Waals surface area contributed by atoms with E-state index in [-0.39, 0.29) is 36.2 Å². The van der Waals surface area contributed by atoms with Gasteiger partial charge in [-0.15, -0.1) is 0 Å². The molecule has 3 aliphatic rings. The number of imide groups is 1. The number of fused-ring (bicyclic) bond motifs is 2. The Morgan fingerprint density at radius 3 is 2.54 bits per heavy atom. The zero-order valence-corrected chi connectivity index (χ0v) is 19.8. The molecule has 2 aliphatic carbocycles. The first-order valence-corrected chi connectivity index (χ1v) is 12.6. The lowest BCUT2D eigenvalue weighted by Gasteiger charge is -2.27. The Hall–Kier alpha value is -3.28. The average molecular weight is 473 g/mol. The predicted octanol–water partition coefficient (Wildman–Crippen LogP) is 6.25. The molecule has 1 aliphatic heterocycles. The molecule has 35 heavy (non-hydrogen) atoms. The van der Waals surface area contributed by atoms with Gasteiger partial charge in [-0.25, -0.2) is 14.1 Å². The number of cyclic esters (lactones) is 1. The molecule has 2 aromatic carbocycles. The van der Waals surface area contributed by atoms with Crippen LogP contribution in [0, 0.1) is 29.5 Å². The molecule has 6 rings (SSSR count). The van der Waals surface area contributed by atoms with Gasteiger partial charge in [-0.05, 0) is 84.7 Å². The van der Waals surface area contributed by atoms with E-state index in [0.717, 1.165) is 42.1 Å². The summed E-state index contributed by atoms with van der Waals surface area (Å²) in [4.78, 5) is 31.7. The van der Waals surface area contributed by atoms with Crippen LogP contribution < -0.4 is 0 Å². The number of carbonyl (C=O) groups excluding carboxylic acids is 2. The van der Waals surface area contributed by atoms with Crippen LogP contribution in [0.15, 0.2) is 60.8 Å². The first-order chi connectivity index (χ1) is 17.0. The van der Waals surface area contributed by atoms with E-state index in [0.29, 0.717) is 17.8 Å². The Kier molecular flexibility index (Phi) is 5.54. The van der Waals surface area contributed by atoms with Crippen LogP contribution in [0.25, 0.3) is 10.9 Å². The van der Waals surface area contributed by atoms with Crippen molar-refractivity contribution in [2.45, 2.75) is 44.6 Å². The number of hydrogen-bond acceptors (Lipinski definition) is 4. The molecule has 5 nitrogen and oxygen atoms in total. The Bertz CT molecular complexity index is 1270. The standard InChI is InChI=1S/C29H29FN2O3/c1-17(28(33)32-27(16-35-29(32)34)18-5-3-2-4-6-18)19-11-20-13-22(14-21(20)12-19)24-9-10-31-26-8-7-23(30)15-25(24)26/h2-10,15,17,19-22,27H,11-14,16H2,1H3/t17-,19-,20-,21+,22+,27+/m1/s1. The van der Waals surface area contributed by atoms with E-state index < -0.39 is 6.09 Å². The molecule has 3 fully saturated rings. The lowest BCUT2D eigenvalue weighted by Crippen LogP contribution is -2.40. The molecule has 2 saturated carbocycles. The molecule has 2 amide bonds. The normalized spacial score (nSPS) is 28.8. The van der Waals surface area contributed by atoms with Crippen molar-refractivity contribution in [3.05, 3.63) is 77.7 Å². The number of rotatable bonds is 4. The molecule has 0 bridgehead atoms. The fourth-order valence-electron chi connectivity index (χ4n) is 6.83. The van der Waals surface area contributed by atoms with Gasteiger partial charge in [0.05, 0.1) is 5.52 Å². The number of pyridine rings is 1. The number of hydrogen-bond donors (Lipinski definition) is 0. The van der Waals surface area contributed by atoms with Gasteiger partial charge in [0.25, 0.3) is 0 Å². The van der Waals surface area contributed by atoms with Crippen molar-refractivity contribution >= 4 is 22.9 Å². The summed E-state index contributed by atoms with van der Waals surface area (Å²) in [5, 5.41) is 0.914. The number of amides is 2. The molecule has 6 atom stereocenters. The quantitative estimate of drug-likeness (QED) is 0.450. The lowest BCUT2D eigenvalue weighted by molar-refractivity contribution is -0.134. The van der Waals surface area contributed by atoms with Gasteiger partial charge in [0.15, 0.2) is 0 Å². The molecule has 0 unspecified atom stereocenters. The van der Waals surface area contributed by atoms with Crippen LogP contribution in [0.1, 0.15) is 55.7 Å². The molecule has 3 aromatic rings. The number of aromatic nitrogens is 1. The average Bonchev–Trinajstić information content (AvgIpc) is 3.56. The minimum Gasteiger partial charge on any atom is -0.446 e. The summed E-state index contributed by atoms with van der Waals surface area (Å²) in [7, 11) is 0. The van der Waals surface area contributed by atoms with Crippen LogP contribution in [-0.2, 0) is 9.53 Å². The zero-order valence-electron chi connectivity index (χ0n) is 19.8. The number of ether oxygens (including phenoxy) is 1. The topological polar surface area (TPSA) is 59.5 Å². The van der Waals surface area contributed by atoms with Crippen molar-refractivity contribution < 1.29 is 18.7 Å². The first-order valence-electron chi connectivity index (χ1n) is 12.6. The van der Waals surface area contributed by atoms with Crippen LogP contribution in [0.2, 0.25) is 0 Å². The van der Waals surface area contributed by atoms with Crippen molar-refractivity contribution in [3.63, 3.8) is 0 Å². The summed E-state index contributed by atoms with van der Waals surface area (Å²) in [5.41, 5.74) is 2.95. The first kappa shape index (κ1) is 22.2. The maximum absolute atomic E-state index is 13.9. The van der Waals surface area contributed by atoms with E-state index in [9.17, 15) is 14.0 Å². The van der Waals surface area contributed by atoms with E-state index >= 15 is 0 Å². The highest BCUT2D eigenvalue weighted by Crippen LogP contribution is 2.55. The number of halogens is 1. The van der Waals surface area contributed by atoms with Crippen LogP contribution in [0.4, 0.5) is 9.18 Å². The summed E-state index contributed by atoms with van der Waals surface area (Å²) >= 11 is 0. The van der Waals surface area contributed by atoms with E-state index in [1.165, 1.54) is 16.5 Å². The second kappa shape index (κ2) is 8.74. The van der Waals surface area contributed by atoms with Gasteiger partial charge < -0.3 is 4.74 Å². The lowest BCUT2D eigenvalue weighted by atomic mass is 9.85. The number of nitrogens with zero attached hydrogens (tertiary/aromatic N) is 2. The number of benzene rings is 2. The zero-order chi connectivity index (χ0) is 24.1. The highest BCUT2D eigenvalue weighted by molar-refractivity contribution is 5.95. The summed E-state index contributed by atoms with van der Waals surface area (Å²) in [6.07, 6.45) is 5.37. The fraction of sp³-hybridized carbons (Fsp3) is 0.414. The van der Waals surface area contributed by atoms with Gasteiger partial charge in [-0.3, -0.25) is 9.78 Å². The maximum Gasteiger partial charge on any atom is 0.417 e. The van der Waals surface area contributed by atoms with Gasteiger partial charge in [-0.2, -0.15) is 0 Å². The highest BCUT2D eigenvalue weighted by atomic mass is 19.1. The molecule has 0 radical (unpaired) electrons. The van der Waals surface area contributed by atoms with E-state index in [1.807, 2.05) is 49.5 Å². The smallest absolute Gasteiger partial charge is 0.417 e. The van der Waals surface area contributed by atoms with Crippen molar-refractivity contribution in [2.24, 2.45) is 23.7 Å². The van der Waals surface area contributed by atoms with E-state index in [1.54, 1.807) is 12.1 Å². The maximum atomic E-state index is 13.9. The summed E-state index contributed by atoms with van der Waals surface area (Å²) in [6.45, 7) is 2.18. The molecule has 6 heteroatoms. The summed E-state index contributed by atoms with van der Waals surface area (Å²) in [5.74, 6) is 1.16. The third kappa shape index (κ3) is 3.89. The third-order valence-corrected chi connectivity index (χ3v) is 8.62. The predicted molar refractivity (Wildman–Crippen MR) is 130 cm³/mol. The minimum atomic E-state index is -0.536. The van der Waals surface area contributed by atoms with Crippen molar-refractivity contribution in [3.8, 4) is 0 Å². The molecule has 2 heterocycles. The van der Waals surface area contributed by atoms with Crippen molar-refractivity contribution in [2.75, 3.05) is 6.61 Å². The van der Waals surface area contributed by atoms with Crippen molar-refractivity contribution in [1.82, 2.24) is 9.88 Å². The van der Waals surface area contributed by atoms with E-state index in [4.69, 9.17) is 4.74 Å². The summed E-state index contributed by atoms with van der Waals surface area (Å²) < 4.78 is 19.2. The monoisotopic (exact) mass is 472 g/mol. The van der Waals surface area contributed by atoms with Crippen LogP contribution >= 0.6 is 0 Å². The molecule has 0 N–H and O–H groups in total. The third-order valence-electron chi connectivity index (χ3n) is 8.62. The molecular formula is C29H29FN2O3. The molecule has 0 spiro atoms. The van der Waals surface area contributed by atoms with Crippen molar-refractivity contribution in [1.29, 1.82) is 0 Å². The minimum absolute atomic E-state index is 0.126. The molecule has 1 saturated heterocycles. The Morgan fingerprint density at radius 1 is 1.06 bits per heavy atom. The number of carbonyl (C=O) groups is 2. The Labute approximate surface area is 204 Å². The highest BCUT2D eigenvalue weighted by Gasteiger charge is 2.48. The van der Waals surface area contributed by atoms with Gasteiger partial charge in [0.1, 0.15) is 18.5 Å². The Balaban J connectivity index is 1.15. The van der Waals surface area contributed by atoms with Crippen LogP contribution in [-0.4, -0.2) is 28.5 Å². The summed E-state index contributed by atoms with van der Waals surface area (Å²) in [6, 6.07) is 16.1. The van der Waals surface area contributed by atoms with Gasteiger partial charge >= 0.3 is 6.09 Å². The SMILES string of the molecule is C[C@@H](C(=O)N1C(=O)OC[C@H]1c1ccccc1)[C@H]1C[C@H]2C[C@@H](c3ccnc4ccc(F)cc34)C[C@H]2C1. The van der Waals surface area contributed by atoms with E-state index in [2.05, 4.69) is 4.98 Å². The molecule has 180 valence electrons. The van der Waals surface area contributed by atoms with Crippen LogP contribution in [0.3, 0.4) is 0 Å². The second-order valence-corrected chi connectivity index (χ2v) is 10.5. The second-order valence-electron chi connectivity index (χ2n) is 10.5. The molecule has 1 aromatic heterocycles. The Morgan fingerprint density at radius 2 is 1.80 bits per heavy atom. The van der Waals surface area contributed by atoms with Gasteiger partial charge in [0, 0.05) is 17.5 Å². The largest absolute Gasteiger partial charge is 0.446 e. The van der Waals surface area contributed by atoms with Crippen LogP contribution in [0.5, 0.6) is 0 Å². The van der Waals surface area contributed by atoms with Gasteiger partial charge in [0.2, 0.25) is 5.91 Å². The molecular weight excluding hydrogens is 443 g/mol. The fourth-order valence-corrected chi connectivity index (χ4v) is 6.83. The van der Waals surface area contributed by atoms with Gasteiger partial charge in [-0.1, -0.05) is 37.3 Å².